The van der Waals surface area contributed by atoms with E-state index in [1.165, 1.54) is 103 Å². The van der Waals surface area contributed by atoms with Gasteiger partial charge in [-0.3, -0.25) is 4.79 Å². The number of ether oxygens (including phenoxy) is 2. The highest BCUT2D eigenvalue weighted by Gasteiger charge is 2.44. The van der Waals surface area contributed by atoms with Crippen molar-refractivity contribution in [3.05, 3.63) is 72.9 Å². The molecule has 7 atom stereocenters. The maximum Gasteiger partial charge on any atom is 0.220 e. The zero-order chi connectivity index (χ0) is 44.4. The molecule has 352 valence electrons. The number of aliphatic hydroxyl groups is 5. The van der Waals surface area contributed by atoms with Crippen LogP contribution in [0.5, 0.6) is 0 Å². The van der Waals surface area contributed by atoms with Crippen molar-refractivity contribution < 1.29 is 39.8 Å². The monoisotopic (exact) mass is 858 g/mol. The summed E-state index contributed by atoms with van der Waals surface area (Å²) in [5.74, 6) is -0.185. The van der Waals surface area contributed by atoms with Crippen molar-refractivity contribution in [3.63, 3.8) is 0 Å². The minimum atomic E-state index is -1.57. The first-order valence-electron chi connectivity index (χ1n) is 24.7. The maximum absolute atomic E-state index is 13.0. The van der Waals surface area contributed by atoms with Crippen LogP contribution in [0.4, 0.5) is 0 Å². The molecule has 0 aromatic rings. The van der Waals surface area contributed by atoms with E-state index in [4.69, 9.17) is 9.47 Å². The van der Waals surface area contributed by atoms with E-state index in [0.717, 1.165) is 70.6 Å². The molecule has 7 unspecified atom stereocenters. The van der Waals surface area contributed by atoms with E-state index in [0.29, 0.717) is 6.42 Å². The lowest BCUT2D eigenvalue weighted by Gasteiger charge is -2.40. The molecule has 0 aromatic carbocycles. The average Bonchev–Trinajstić information content (AvgIpc) is 3.26. The molecule has 1 fully saturated rings. The van der Waals surface area contributed by atoms with Crippen LogP contribution < -0.4 is 5.32 Å². The van der Waals surface area contributed by atoms with Gasteiger partial charge in [-0.25, -0.2) is 0 Å². The van der Waals surface area contributed by atoms with E-state index < -0.39 is 49.5 Å². The van der Waals surface area contributed by atoms with Crippen LogP contribution in [-0.2, 0) is 14.3 Å². The van der Waals surface area contributed by atoms with Gasteiger partial charge in [0.1, 0.15) is 24.4 Å². The molecule has 1 saturated heterocycles. The highest BCUT2D eigenvalue weighted by atomic mass is 16.7. The summed E-state index contributed by atoms with van der Waals surface area (Å²) in [6.45, 7) is 3.63. The number of unbranched alkanes of at least 4 members (excludes halogenated alkanes) is 20. The third-order valence-corrected chi connectivity index (χ3v) is 11.3. The molecular formula is C52H91NO8. The van der Waals surface area contributed by atoms with Crippen LogP contribution in [-0.4, -0.2) is 87.5 Å². The molecule has 1 heterocycles. The molecule has 61 heavy (non-hydrogen) atoms. The summed E-state index contributed by atoms with van der Waals surface area (Å²) in [6.07, 6.45) is 49.5. The molecule has 9 heteroatoms. The smallest absolute Gasteiger partial charge is 0.220 e. The normalized spacial score (nSPS) is 21.1. The SMILES string of the molecule is CC/C=C\C/C=C\C/C=C\C/C=C\C/C=C\CCCCCCCCCCCCCC(=O)NC(COC1OC(CO)C(O)C(O)C1O)C(O)/C=C/CCCCCCCCCCC. The highest BCUT2D eigenvalue weighted by molar-refractivity contribution is 5.76. The molecule has 0 bridgehead atoms. The molecule has 1 aliphatic heterocycles. The summed E-state index contributed by atoms with van der Waals surface area (Å²) in [5, 5.41) is 54.2. The summed E-state index contributed by atoms with van der Waals surface area (Å²) in [6, 6.07) is -0.808. The Hall–Kier alpha value is -2.37. The second kappa shape index (κ2) is 41.6. The zero-order valence-electron chi connectivity index (χ0n) is 38.6. The van der Waals surface area contributed by atoms with Crippen LogP contribution in [0.3, 0.4) is 0 Å². The number of amides is 1. The molecule has 0 saturated carbocycles. The summed E-state index contributed by atoms with van der Waals surface area (Å²) in [4.78, 5) is 13.0. The third kappa shape index (κ3) is 32.0. The second-order valence-electron chi connectivity index (χ2n) is 16.9. The van der Waals surface area contributed by atoms with Crippen molar-refractivity contribution in [1.29, 1.82) is 0 Å². The van der Waals surface area contributed by atoms with Gasteiger partial charge in [0.25, 0.3) is 0 Å². The molecule has 0 aromatic heterocycles. The molecule has 1 rings (SSSR count). The summed E-state index contributed by atoms with van der Waals surface area (Å²) >= 11 is 0. The molecule has 0 aliphatic carbocycles. The summed E-state index contributed by atoms with van der Waals surface area (Å²) < 4.78 is 11.2. The van der Waals surface area contributed by atoms with Crippen LogP contribution in [0, 0.1) is 0 Å². The fraction of sp³-hybridized carbons (Fsp3) is 0.750. The Morgan fingerprint density at radius 2 is 1.02 bits per heavy atom. The lowest BCUT2D eigenvalue weighted by Crippen LogP contribution is -2.60. The third-order valence-electron chi connectivity index (χ3n) is 11.3. The topological polar surface area (TPSA) is 149 Å². The van der Waals surface area contributed by atoms with Crippen molar-refractivity contribution >= 4 is 5.91 Å². The van der Waals surface area contributed by atoms with Crippen LogP contribution in [0.2, 0.25) is 0 Å². The lowest BCUT2D eigenvalue weighted by molar-refractivity contribution is -0.302. The van der Waals surface area contributed by atoms with Gasteiger partial charge < -0.3 is 40.3 Å². The number of carbonyl (C=O) groups excluding carboxylic acids is 1. The first kappa shape index (κ1) is 56.6. The van der Waals surface area contributed by atoms with Gasteiger partial charge >= 0.3 is 0 Å². The number of allylic oxidation sites excluding steroid dienone is 11. The minimum Gasteiger partial charge on any atom is -0.394 e. The van der Waals surface area contributed by atoms with Crippen molar-refractivity contribution in [2.45, 2.75) is 236 Å². The Morgan fingerprint density at radius 1 is 0.574 bits per heavy atom. The Morgan fingerprint density at radius 3 is 1.51 bits per heavy atom. The molecule has 6 N–H and O–H groups in total. The van der Waals surface area contributed by atoms with E-state index in [-0.39, 0.29) is 12.5 Å². The van der Waals surface area contributed by atoms with Gasteiger partial charge in [-0.15, -0.1) is 0 Å². The van der Waals surface area contributed by atoms with Gasteiger partial charge in [0.2, 0.25) is 5.91 Å². The fourth-order valence-corrected chi connectivity index (χ4v) is 7.36. The second-order valence-corrected chi connectivity index (χ2v) is 16.9. The Balaban J connectivity index is 2.23. The van der Waals surface area contributed by atoms with E-state index in [1.54, 1.807) is 6.08 Å². The molecule has 9 nitrogen and oxygen atoms in total. The van der Waals surface area contributed by atoms with E-state index in [9.17, 15) is 30.3 Å². The van der Waals surface area contributed by atoms with Gasteiger partial charge in [-0.05, 0) is 64.2 Å². The van der Waals surface area contributed by atoms with Gasteiger partial charge in [0, 0.05) is 6.42 Å². The lowest BCUT2D eigenvalue weighted by atomic mass is 9.99. The van der Waals surface area contributed by atoms with Gasteiger partial charge in [-0.2, -0.15) is 0 Å². The van der Waals surface area contributed by atoms with Crippen molar-refractivity contribution in [1.82, 2.24) is 5.32 Å². The number of hydrogen-bond donors (Lipinski definition) is 6. The van der Waals surface area contributed by atoms with E-state index >= 15 is 0 Å². The first-order chi connectivity index (χ1) is 29.8. The number of hydrogen-bond acceptors (Lipinski definition) is 8. The molecule has 0 radical (unpaired) electrons. The number of carbonyl (C=O) groups is 1. The average molecular weight is 858 g/mol. The van der Waals surface area contributed by atoms with E-state index in [2.05, 4.69) is 79.9 Å². The summed E-state index contributed by atoms with van der Waals surface area (Å²) in [5.41, 5.74) is 0. The van der Waals surface area contributed by atoms with Crippen LogP contribution in [0.25, 0.3) is 0 Å². The fourth-order valence-electron chi connectivity index (χ4n) is 7.36. The predicted octanol–water partition coefficient (Wildman–Crippen LogP) is 10.9. The van der Waals surface area contributed by atoms with Crippen molar-refractivity contribution in [2.24, 2.45) is 0 Å². The van der Waals surface area contributed by atoms with Crippen LogP contribution >= 0.6 is 0 Å². The molecule has 0 spiro atoms. The largest absolute Gasteiger partial charge is 0.394 e. The quantitative estimate of drug-likeness (QED) is 0.0264. The van der Waals surface area contributed by atoms with Crippen molar-refractivity contribution in [3.8, 4) is 0 Å². The van der Waals surface area contributed by atoms with Crippen LogP contribution in [0.1, 0.15) is 194 Å². The highest BCUT2D eigenvalue weighted by Crippen LogP contribution is 2.22. The standard InChI is InChI=1S/C52H91NO8/c1-3-5-7-9-11-13-15-16-17-18-19-20-21-22-23-24-25-26-27-28-29-30-32-34-36-38-40-42-48(56)53-45(44-60-52-51(59)50(58)49(57)47(43-54)61-52)46(55)41-39-37-35-33-31-14-12-10-8-6-4-2/h5,7,11,13,16-17,19-20,22-23,39,41,45-47,49-52,54-55,57-59H,3-4,6,8-10,12,14-15,18,21,24-38,40,42-44H2,1-2H3,(H,53,56)/b7-5-,13-11-,17-16-,20-19-,23-22-,41-39+. The number of rotatable bonds is 40. The first-order valence-corrected chi connectivity index (χ1v) is 24.7. The Bertz CT molecular complexity index is 1180. The predicted molar refractivity (Wildman–Crippen MR) is 253 cm³/mol. The molecular weight excluding hydrogens is 767 g/mol. The van der Waals surface area contributed by atoms with E-state index in [1.807, 2.05) is 6.08 Å². The van der Waals surface area contributed by atoms with Gasteiger partial charge in [-0.1, -0.05) is 196 Å². The maximum atomic E-state index is 13.0. The molecule has 1 amide bonds. The summed E-state index contributed by atoms with van der Waals surface area (Å²) in [7, 11) is 0. The Labute approximate surface area is 372 Å². The van der Waals surface area contributed by atoms with Crippen molar-refractivity contribution in [2.75, 3.05) is 13.2 Å². The zero-order valence-corrected chi connectivity index (χ0v) is 38.6. The number of nitrogens with one attached hydrogen (secondary N) is 1. The number of aliphatic hydroxyl groups excluding tert-OH is 5. The Kier molecular flexibility index (Phi) is 38.7. The molecule has 1 aliphatic rings. The minimum absolute atomic E-state index is 0.185. The van der Waals surface area contributed by atoms with Crippen LogP contribution in [0.15, 0.2) is 72.9 Å². The van der Waals surface area contributed by atoms with Gasteiger partial charge in [0.15, 0.2) is 6.29 Å². The van der Waals surface area contributed by atoms with Gasteiger partial charge in [0.05, 0.1) is 25.4 Å².